The van der Waals surface area contributed by atoms with Crippen LogP contribution in [0.2, 0.25) is 0 Å². The molecule has 0 saturated heterocycles. The Kier molecular flexibility index (Phi) is 18.6. The molecule has 1 unspecified atom stereocenters. The lowest BCUT2D eigenvalue weighted by Gasteiger charge is -2.25. The molecule has 0 aliphatic carbocycles. The molecule has 8 nitrogen and oxygen atoms in total. The summed E-state index contributed by atoms with van der Waals surface area (Å²) in [4.78, 5) is 18.4. The van der Waals surface area contributed by atoms with Gasteiger partial charge in [-0.15, -0.1) is 0 Å². The van der Waals surface area contributed by atoms with Crippen LogP contribution in [0.4, 0.5) is 0 Å². The highest BCUT2D eigenvalue weighted by molar-refractivity contribution is 8.55. The van der Waals surface area contributed by atoms with Crippen LogP contribution in [0.3, 0.4) is 0 Å². The largest absolute Gasteiger partial charge is 1.00 e. The molecule has 0 aliphatic rings. The molecule has 0 aliphatic heterocycles. The second-order valence-electron chi connectivity index (χ2n) is 8.98. The van der Waals surface area contributed by atoms with E-state index in [0.29, 0.717) is 26.3 Å². The van der Waals surface area contributed by atoms with Crippen LogP contribution in [-0.4, -0.2) is 85.2 Å². The van der Waals surface area contributed by atoms with Gasteiger partial charge in [0.15, 0.2) is 0 Å². The van der Waals surface area contributed by atoms with Crippen LogP contribution in [0.15, 0.2) is 54.9 Å². The lowest BCUT2D eigenvalue weighted by atomic mass is 9.98. The highest BCUT2D eigenvalue weighted by Gasteiger charge is 2.26. The molecule has 1 aromatic heterocycles. The molecular formula is C26H43IN3O5PS. The third-order valence-corrected chi connectivity index (χ3v) is 9.04. The summed E-state index contributed by atoms with van der Waals surface area (Å²) in [7, 11) is 6.31. The maximum Gasteiger partial charge on any atom is 0.389 e. The van der Waals surface area contributed by atoms with Crippen molar-refractivity contribution in [2.75, 3.05) is 59.8 Å². The summed E-state index contributed by atoms with van der Waals surface area (Å²) < 4.78 is 23.2. The van der Waals surface area contributed by atoms with Gasteiger partial charge < -0.3 is 47.5 Å². The molecule has 11 heteroatoms. The van der Waals surface area contributed by atoms with Crippen molar-refractivity contribution in [1.82, 2.24) is 9.88 Å². The molecule has 37 heavy (non-hydrogen) atoms. The Morgan fingerprint density at radius 2 is 1.62 bits per heavy atom. The van der Waals surface area contributed by atoms with Crippen molar-refractivity contribution < 1.29 is 52.0 Å². The Bertz CT molecular complexity index is 909. The van der Waals surface area contributed by atoms with E-state index in [1.54, 1.807) is 17.3 Å². The van der Waals surface area contributed by atoms with Gasteiger partial charge in [0, 0.05) is 25.5 Å². The smallest absolute Gasteiger partial charge is 0.389 e. The number of aliphatic hydroxyl groups excluding tert-OH is 1. The van der Waals surface area contributed by atoms with Crippen molar-refractivity contribution in [2.45, 2.75) is 33.2 Å². The molecule has 1 amide bonds. The number of halogens is 1. The van der Waals surface area contributed by atoms with Crippen molar-refractivity contribution >= 4 is 24.1 Å². The van der Waals surface area contributed by atoms with Gasteiger partial charge in [-0.3, -0.25) is 9.78 Å². The van der Waals surface area contributed by atoms with Gasteiger partial charge in [-0.2, -0.15) is 0 Å². The predicted molar refractivity (Wildman–Crippen MR) is 148 cm³/mol. The average molecular weight is 668 g/mol. The molecule has 1 N–H and O–H groups in total. The molecule has 1 aromatic carbocycles. The molecule has 210 valence electrons. The number of likely N-dealkylation sites (N-methyl/N-ethyl adjacent to an activating group) is 1. The number of carbonyl (C=O) groups is 1. The number of aliphatic hydroxyl groups is 1. The van der Waals surface area contributed by atoms with Gasteiger partial charge in [-0.05, 0) is 55.4 Å². The highest BCUT2D eigenvalue weighted by atomic mass is 127. The van der Waals surface area contributed by atoms with E-state index in [4.69, 9.17) is 9.05 Å². The normalized spacial score (nSPS) is 12.1. The summed E-state index contributed by atoms with van der Waals surface area (Å²) in [6, 6.07) is 13.2. The van der Waals surface area contributed by atoms with E-state index in [1.807, 2.05) is 63.2 Å². The van der Waals surface area contributed by atoms with Crippen LogP contribution < -0.4 is 24.0 Å². The number of amides is 1. The number of quaternary nitrogens is 1. The quantitative estimate of drug-likeness (QED) is 0.187. The zero-order chi connectivity index (χ0) is 27.0. The van der Waals surface area contributed by atoms with Crippen molar-refractivity contribution in [2.24, 2.45) is 0 Å². The second kappa shape index (κ2) is 19.1. The molecule has 2 rings (SSSR count). The highest BCUT2D eigenvalue weighted by Crippen LogP contribution is 2.60. The zero-order valence-corrected chi connectivity index (χ0v) is 26.7. The summed E-state index contributed by atoms with van der Waals surface area (Å²) in [5.74, 6) is 0.219. The summed E-state index contributed by atoms with van der Waals surface area (Å²) in [6.07, 6.45) is 3.43. The molecule has 0 bridgehead atoms. The molecule has 0 radical (unpaired) electrons. The predicted octanol–water partition coefficient (Wildman–Crippen LogP) is 1.82. The minimum absolute atomic E-state index is 0. The fourth-order valence-corrected chi connectivity index (χ4v) is 6.84. The number of benzene rings is 1. The SMILES string of the molecule is CCN(Cc1ccncc1)C(=O)C(CO)c1ccccc1.CCOP(=O)(OCC)SCC[N+](C)(C)C.[I-]. The Morgan fingerprint density at radius 1 is 1.05 bits per heavy atom. The first-order valence-electron chi connectivity index (χ1n) is 12.3. The summed E-state index contributed by atoms with van der Waals surface area (Å²) in [5.41, 5.74) is 1.88. The van der Waals surface area contributed by atoms with Crippen molar-refractivity contribution in [3.63, 3.8) is 0 Å². The Balaban J connectivity index is 0.000000724. The van der Waals surface area contributed by atoms with Crippen LogP contribution in [0, 0.1) is 0 Å². The van der Waals surface area contributed by atoms with Gasteiger partial charge in [0.1, 0.15) is 0 Å². The third kappa shape index (κ3) is 14.6. The fraction of sp³-hybridized carbons (Fsp3) is 0.538. The van der Waals surface area contributed by atoms with Crippen LogP contribution in [0.1, 0.15) is 37.8 Å². The maximum atomic E-state index is 12.7. The third-order valence-electron chi connectivity index (χ3n) is 5.08. The summed E-state index contributed by atoms with van der Waals surface area (Å²) in [6.45, 7) is 5.43. The number of hydrogen-bond acceptors (Lipinski definition) is 7. The number of rotatable bonds is 14. The lowest BCUT2D eigenvalue weighted by Crippen LogP contribution is -3.00. The molecule has 0 spiro atoms. The topological polar surface area (TPSA) is 89.0 Å². The number of carbonyl (C=O) groups excluding carboxylic acids is 1. The number of nitrogens with zero attached hydrogens (tertiary/aromatic N) is 3. The lowest BCUT2D eigenvalue weighted by molar-refractivity contribution is -0.867. The van der Waals surface area contributed by atoms with Crippen molar-refractivity contribution in [3.8, 4) is 0 Å². The van der Waals surface area contributed by atoms with Gasteiger partial charge in [-0.25, -0.2) is 4.57 Å². The first-order chi connectivity index (χ1) is 17.1. The molecule has 0 saturated carbocycles. The number of pyridine rings is 1. The van der Waals surface area contributed by atoms with Crippen LogP contribution in [0.25, 0.3) is 0 Å². The first kappa shape index (κ1) is 36.0. The Labute approximate surface area is 244 Å². The van der Waals surface area contributed by atoms with E-state index in [2.05, 4.69) is 26.1 Å². The van der Waals surface area contributed by atoms with E-state index in [1.165, 1.54) is 11.4 Å². The van der Waals surface area contributed by atoms with Crippen LogP contribution in [0.5, 0.6) is 0 Å². The molecule has 1 atom stereocenters. The van der Waals surface area contributed by atoms with Crippen molar-refractivity contribution in [1.29, 1.82) is 0 Å². The van der Waals surface area contributed by atoms with Gasteiger partial charge in [0.25, 0.3) is 0 Å². The second-order valence-corrected chi connectivity index (χ2v) is 13.2. The van der Waals surface area contributed by atoms with Gasteiger partial charge in [-0.1, -0.05) is 30.3 Å². The molecular weight excluding hydrogens is 624 g/mol. The van der Waals surface area contributed by atoms with E-state index < -0.39 is 12.7 Å². The van der Waals surface area contributed by atoms with Gasteiger partial charge in [0.2, 0.25) is 5.91 Å². The van der Waals surface area contributed by atoms with E-state index >= 15 is 0 Å². The minimum Gasteiger partial charge on any atom is -1.00 e. The van der Waals surface area contributed by atoms with Gasteiger partial charge >= 0.3 is 6.80 Å². The van der Waals surface area contributed by atoms with E-state index in [0.717, 1.165) is 27.9 Å². The standard InChI is InChI=1S/C17H20N2O2.C9H23NO3PS.HI/c1-2-19(12-14-8-10-18-11-9-14)17(21)16(13-20)15-6-4-3-5-7-15;1-6-12-14(11,13-7-2)15-9-8-10(3,4)5;/h3-11,16,20H,2,12-13H2,1H3;6-9H2,1-5H3;1H/q;+1;/p-1. The summed E-state index contributed by atoms with van der Waals surface area (Å²) >= 11 is 1.30. The number of aromatic nitrogens is 1. The maximum absolute atomic E-state index is 12.7. The Morgan fingerprint density at radius 3 is 2.08 bits per heavy atom. The Hall–Kier alpha value is -1.01. The molecule has 0 fully saturated rings. The van der Waals surface area contributed by atoms with E-state index in [-0.39, 0.29) is 36.5 Å². The first-order valence-corrected chi connectivity index (χ1v) is 15.4. The monoisotopic (exact) mass is 667 g/mol. The summed E-state index contributed by atoms with van der Waals surface area (Å²) in [5, 5.41) is 9.60. The van der Waals surface area contributed by atoms with Gasteiger partial charge in [0.05, 0.1) is 59.2 Å². The fourth-order valence-electron chi connectivity index (χ4n) is 3.14. The minimum atomic E-state index is -2.90. The van der Waals surface area contributed by atoms with Crippen LogP contribution >= 0.6 is 18.2 Å². The zero-order valence-electron chi connectivity index (χ0n) is 22.9. The number of hydrogen-bond donors (Lipinski definition) is 1. The van der Waals surface area contributed by atoms with Crippen LogP contribution in [-0.2, 0) is 25.0 Å². The van der Waals surface area contributed by atoms with Crippen molar-refractivity contribution in [3.05, 3.63) is 66.0 Å². The molecule has 2 aromatic rings. The molecule has 1 heterocycles. The van der Waals surface area contributed by atoms with E-state index in [9.17, 15) is 14.5 Å². The average Bonchev–Trinajstić information content (AvgIpc) is 2.84.